The zero-order valence-electron chi connectivity index (χ0n) is 16.8. The van der Waals surface area contributed by atoms with Gasteiger partial charge in [-0.25, -0.2) is 4.79 Å². The van der Waals surface area contributed by atoms with Crippen molar-refractivity contribution in [3.8, 4) is 0 Å². The number of urea groups is 1. The van der Waals surface area contributed by atoms with Gasteiger partial charge in [-0.1, -0.05) is 30.3 Å². The summed E-state index contributed by atoms with van der Waals surface area (Å²) >= 11 is 0. The maximum Gasteiger partial charge on any atom is 0.317 e. The van der Waals surface area contributed by atoms with Gasteiger partial charge >= 0.3 is 6.03 Å². The number of ether oxygens (including phenoxy) is 1. The van der Waals surface area contributed by atoms with Gasteiger partial charge in [-0.3, -0.25) is 9.69 Å². The van der Waals surface area contributed by atoms with Gasteiger partial charge in [0, 0.05) is 38.4 Å². The van der Waals surface area contributed by atoms with Crippen molar-refractivity contribution in [1.82, 2.24) is 19.7 Å². The summed E-state index contributed by atoms with van der Waals surface area (Å²) in [6.07, 6.45) is 2.91. The normalized spacial score (nSPS) is 22.2. The Hall–Kier alpha value is -2.64. The van der Waals surface area contributed by atoms with E-state index in [9.17, 15) is 9.59 Å². The Kier molecular flexibility index (Phi) is 5.97. The summed E-state index contributed by atoms with van der Waals surface area (Å²) in [6, 6.07) is 13.4. The van der Waals surface area contributed by atoms with E-state index in [1.54, 1.807) is 22.9 Å². The largest absolute Gasteiger partial charge is 0.375 e. The van der Waals surface area contributed by atoms with E-state index in [4.69, 9.17) is 4.74 Å². The number of likely N-dealkylation sites (tertiary alicyclic amines) is 1. The fraction of sp³-hybridized carbons (Fsp3) is 0.455. The number of carbonyl (C=O) groups excluding carboxylic acids is 1. The van der Waals surface area contributed by atoms with Gasteiger partial charge < -0.3 is 19.5 Å². The molecule has 2 aliphatic rings. The van der Waals surface area contributed by atoms with Crippen molar-refractivity contribution in [1.29, 1.82) is 0 Å². The minimum absolute atomic E-state index is 0.0124. The highest BCUT2D eigenvalue weighted by Crippen LogP contribution is 2.22. The van der Waals surface area contributed by atoms with Crippen LogP contribution in [0.2, 0.25) is 0 Å². The summed E-state index contributed by atoms with van der Waals surface area (Å²) in [7, 11) is 2.10. The molecule has 0 radical (unpaired) electrons. The lowest BCUT2D eigenvalue weighted by atomic mass is 9.99. The van der Waals surface area contributed by atoms with Crippen molar-refractivity contribution >= 4 is 6.03 Å². The summed E-state index contributed by atoms with van der Waals surface area (Å²) in [5.41, 5.74) is 2.08. The Morgan fingerprint density at radius 1 is 1.14 bits per heavy atom. The molecule has 2 atom stereocenters. The molecule has 2 saturated heterocycles. The number of fused-ring (bicyclic) bond motifs is 1. The molecule has 2 amide bonds. The minimum Gasteiger partial charge on any atom is -0.375 e. The molecule has 0 aliphatic carbocycles. The lowest BCUT2D eigenvalue weighted by Gasteiger charge is -2.45. The van der Waals surface area contributed by atoms with Crippen LogP contribution in [-0.4, -0.2) is 65.8 Å². The smallest absolute Gasteiger partial charge is 0.317 e. The van der Waals surface area contributed by atoms with Crippen LogP contribution >= 0.6 is 0 Å². The van der Waals surface area contributed by atoms with Crippen molar-refractivity contribution < 1.29 is 9.53 Å². The summed E-state index contributed by atoms with van der Waals surface area (Å²) in [4.78, 5) is 28.6. The highest BCUT2D eigenvalue weighted by Gasteiger charge is 2.36. The first-order valence-corrected chi connectivity index (χ1v) is 10.2. The number of nitrogens with one attached hydrogen (secondary N) is 1. The van der Waals surface area contributed by atoms with Crippen LogP contribution in [0.25, 0.3) is 0 Å². The van der Waals surface area contributed by atoms with E-state index in [2.05, 4.69) is 17.3 Å². The Morgan fingerprint density at radius 2 is 1.93 bits per heavy atom. The SMILES string of the molecule is CN1CCO[C@@H]2CCN(C(=O)NCc3ccc(Cn4ccccc4=O)cc3)C[C@H]21. The Morgan fingerprint density at radius 3 is 2.72 bits per heavy atom. The van der Waals surface area contributed by atoms with E-state index in [-0.39, 0.29) is 23.7 Å². The third-order valence-electron chi connectivity index (χ3n) is 5.87. The summed E-state index contributed by atoms with van der Waals surface area (Å²) in [5.74, 6) is 0. The second-order valence-corrected chi connectivity index (χ2v) is 7.83. The van der Waals surface area contributed by atoms with Gasteiger partial charge in [-0.05, 0) is 30.7 Å². The van der Waals surface area contributed by atoms with Gasteiger partial charge in [-0.15, -0.1) is 0 Å². The molecule has 29 heavy (non-hydrogen) atoms. The molecular formula is C22H28N4O3. The number of likely N-dealkylation sites (N-methyl/N-ethyl adjacent to an activating group) is 1. The number of hydrogen-bond acceptors (Lipinski definition) is 4. The van der Waals surface area contributed by atoms with Crippen LogP contribution in [0.15, 0.2) is 53.5 Å². The van der Waals surface area contributed by atoms with E-state index < -0.39 is 0 Å². The van der Waals surface area contributed by atoms with Crippen LogP contribution in [-0.2, 0) is 17.8 Å². The average Bonchev–Trinajstić information content (AvgIpc) is 2.75. The molecular weight excluding hydrogens is 368 g/mol. The van der Waals surface area contributed by atoms with Gasteiger partial charge in [0.15, 0.2) is 0 Å². The zero-order chi connectivity index (χ0) is 20.2. The topological polar surface area (TPSA) is 66.8 Å². The molecule has 7 heteroatoms. The van der Waals surface area contributed by atoms with Crippen molar-refractivity contribution in [2.24, 2.45) is 0 Å². The van der Waals surface area contributed by atoms with Crippen molar-refractivity contribution in [2.75, 3.05) is 33.3 Å². The molecule has 1 N–H and O–H groups in total. The third-order valence-corrected chi connectivity index (χ3v) is 5.87. The lowest BCUT2D eigenvalue weighted by molar-refractivity contribution is -0.0881. The van der Waals surface area contributed by atoms with E-state index in [0.717, 1.165) is 37.2 Å². The summed E-state index contributed by atoms with van der Waals surface area (Å²) in [5, 5.41) is 3.03. The number of rotatable bonds is 4. The monoisotopic (exact) mass is 396 g/mol. The molecule has 7 nitrogen and oxygen atoms in total. The van der Waals surface area contributed by atoms with Gasteiger partial charge in [0.2, 0.25) is 0 Å². The highest BCUT2D eigenvalue weighted by atomic mass is 16.5. The number of amides is 2. The third kappa shape index (κ3) is 4.68. The number of hydrogen-bond donors (Lipinski definition) is 1. The van der Waals surface area contributed by atoms with Crippen LogP contribution < -0.4 is 10.9 Å². The van der Waals surface area contributed by atoms with Crippen molar-refractivity contribution in [3.05, 3.63) is 70.1 Å². The lowest BCUT2D eigenvalue weighted by Crippen LogP contribution is -2.60. The van der Waals surface area contributed by atoms with Crippen LogP contribution in [0.1, 0.15) is 17.5 Å². The quantitative estimate of drug-likeness (QED) is 0.851. The first-order valence-electron chi connectivity index (χ1n) is 10.2. The molecule has 0 spiro atoms. The predicted molar refractivity (Wildman–Crippen MR) is 111 cm³/mol. The number of piperidine rings is 1. The Bertz CT molecular complexity index is 895. The maximum absolute atomic E-state index is 12.6. The number of nitrogens with zero attached hydrogens (tertiary/aromatic N) is 3. The van der Waals surface area contributed by atoms with Gasteiger partial charge in [0.25, 0.3) is 5.56 Å². The number of morpholine rings is 1. The number of pyridine rings is 1. The number of benzene rings is 1. The van der Waals surface area contributed by atoms with Crippen LogP contribution in [0.5, 0.6) is 0 Å². The summed E-state index contributed by atoms with van der Waals surface area (Å²) in [6.45, 7) is 4.15. The van der Waals surface area contributed by atoms with E-state index >= 15 is 0 Å². The molecule has 154 valence electrons. The number of aromatic nitrogens is 1. The van der Waals surface area contributed by atoms with E-state index in [0.29, 0.717) is 19.6 Å². The second kappa shape index (κ2) is 8.80. The molecule has 0 bridgehead atoms. The first kappa shape index (κ1) is 19.7. The van der Waals surface area contributed by atoms with E-state index in [1.807, 2.05) is 35.2 Å². The van der Waals surface area contributed by atoms with Crippen molar-refractivity contribution in [3.63, 3.8) is 0 Å². The van der Waals surface area contributed by atoms with Gasteiger partial charge in [0.1, 0.15) is 0 Å². The van der Waals surface area contributed by atoms with Crippen LogP contribution in [0.4, 0.5) is 4.79 Å². The van der Waals surface area contributed by atoms with Crippen LogP contribution in [0, 0.1) is 0 Å². The second-order valence-electron chi connectivity index (χ2n) is 7.83. The average molecular weight is 396 g/mol. The molecule has 2 fully saturated rings. The molecule has 1 aromatic carbocycles. The van der Waals surface area contributed by atoms with Gasteiger partial charge in [-0.2, -0.15) is 0 Å². The fourth-order valence-electron chi connectivity index (χ4n) is 4.07. The molecule has 3 heterocycles. The predicted octanol–water partition coefficient (Wildman–Crippen LogP) is 1.51. The first-order chi connectivity index (χ1) is 14.1. The highest BCUT2D eigenvalue weighted by molar-refractivity contribution is 5.74. The maximum atomic E-state index is 12.6. The molecule has 0 unspecified atom stereocenters. The standard InChI is InChI=1S/C22H28N4O3/c1-24-12-13-29-20-9-11-26(16-19(20)24)22(28)23-14-17-5-7-18(8-6-17)15-25-10-3-2-4-21(25)27/h2-8,10,19-20H,9,11-16H2,1H3,(H,23,28)/t19-,20-/m1/s1. The summed E-state index contributed by atoms with van der Waals surface area (Å²) < 4.78 is 7.52. The van der Waals surface area contributed by atoms with Crippen molar-refractivity contribution in [2.45, 2.75) is 31.7 Å². The zero-order valence-corrected chi connectivity index (χ0v) is 16.8. The fourth-order valence-corrected chi connectivity index (χ4v) is 4.07. The number of carbonyl (C=O) groups is 1. The molecule has 4 rings (SSSR count). The molecule has 0 saturated carbocycles. The Balaban J connectivity index is 1.29. The van der Waals surface area contributed by atoms with E-state index in [1.165, 1.54) is 0 Å². The Labute approximate surface area is 170 Å². The van der Waals surface area contributed by atoms with Crippen LogP contribution in [0.3, 0.4) is 0 Å². The molecule has 2 aliphatic heterocycles. The molecule has 1 aromatic heterocycles. The van der Waals surface area contributed by atoms with Gasteiger partial charge in [0.05, 0.1) is 25.3 Å². The molecule has 2 aromatic rings. The minimum atomic E-state index is -0.0256.